The number of allylic oxidation sites excluding steroid dienone is 6. The predicted octanol–water partition coefficient (Wildman–Crippen LogP) is 4.51. The molecule has 1 heteroatoms. The summed E-state index contributed by atoms with van der Waals surface area (Å²) in [4.78, 5) is 2.12. The first kappa shape index (κ1) is 14.8. The molecule has 0 rings (SSSR count). The lowest BCUT2D eigenvalue weighted by atomic mass is 10.0. The fraction of sp³-hybridized carbons (Fsp3) is 0.467. The molecular formula is C15H25N. The zero-order chi connectivity index (χ0) is 12.7. The van der Waals surface area contributed by atoms with Crippen molar-refractivity contribution < 1.29 is 0 Å². The number of hydrogen-bond acceptors (Lipinski definition) is 1. The molecule has 0 spiro atoms. The maximum absolute atomic E-state index is 4.02. The molecule has 1 nitrogen and oxygen atoms in total. The molecule has 0 N–H and O–H groups in total. The van der Waals surface area contributed by atoms with Crippen LogP contribution in [0.2, 0.25) is 0 Å². The minimum atomic E-state index is 0.515. The van der Waals surface area contributed by atoms with Crippen molar-refractivity contribution in [2.45, 2.75) is 34.1 Å². The second-order valence-corrected chi connectivity index (χ2v) is 4.31. The van der Waals surface area contributed by atoms with E-state index in [1.165, 1.54) is 11.3 Å². The highest BCUT2D eigenvalue weighted by molar-refractivity contribution is 5.26. The summed E-state index contributed by atoms with van der Waals surface area (Å²) >= 11 is 0. The maximum atomic E-state index is 4.02. The van der Waals surface area contributed by atoms with Gasteiger partial charge in [-0.15, -0.1) is 0 Å². The van der Waals surface area contributed by atoms with E-state index in [1.807, 2.05) is 6.08 Å². The summed E-state index contributed by atoms with van der Waals surface area (Å²) in [6, 6.07) is 0. The molecular weight excluding hydrogens is 194 g/mol. The molecule has 0 aromatic carbocycles. The highest BCUT2D eigenvalue weighted by Gasteiger charge is 2.01. The number of rotatable bonds is 6. The third-order valence-electron chi connectivity index (χ3n) is 2.83. The van der Waals surface area contributed by atoms with E-state index >= 15 is 0 Å². The van der Waals surface area contributed by atoms with E-state index < -0.39 is 0 Å². The molecule has 0 unspecified atom stereocenters. The second-order valence-electron chi connectivity index (χ2n) is 4.31. The van der Waals surface area contributed by atoms with Gasteiger partial charge < -0.3 is 4.90 Å². The topological polar surface area (TPSA) is 3.24 Å². The van der Waals surface area contributed by atoms with Crippen molar-refractivity contribution in [3.8, 4) is 0 Å². The lowest BCUT2D eigenvalue weighted by Gasteiger charge is -2.21. The predicted molar refractivity (Wildman–Crippen MR) is 74.1 cm³/mol. The Morgan fingerprint density at radius 2 is 1.88 bits per heavy atom. The van der Waals surface area contributed by atoms with Gasteiger partial charge in [0.25, 0.3) is 0 Å². The molecule has 0 amide bonds. The first-order chi connectivity index (χ1) is 7.43. The lowest BCUT2D eigenvalue weighted by molar-refractivity contribution is 0.505. The zero-order valence-corrected chi connectivity index (χ0v) is 11.4. The molecule has 0 aromatic rings. The van der Waals surface area contributed by atoms with Gasteiger partial charge in [0.05, 0.1) is 0 Å². The Morgan fingerprint density at radius 1 is 1.31 bits per heavy atom. The van der Waals surface area contributed by atoms with Crippen LogP contribution in [0.4, 0.5) is 0 Å². The van der Waals surface area contributed by atoms with Gasteiger partial charge in [-0.25, -0.2) is 0 Å². The van der Waals surface area contributed by atoms with Crippen LogP contribution in [0, 0.1) is 5.92 Å². The molecule has 16 heavy (non-hydrogen) atoms. The van der Waals surface area contributed by atoms with E-state index in [0.29, 0.717) is 5.92 Å². The van der Waals surface area contributed by atoms with Crippen molar-refractivity contribution in [3.63, 3.8) is 0 Å². The van der Waals surface area contributed by atoms with Gasteiger partial charge >= 0.3 is 0 Å². The van der Waals surface area contributed by atoms with Crippen molar-refractivity contribution in [3.05, 3.63) is 48.4 Å². The van der Waals surface area contributed by atoms with Crippen LogP contribution in [0.1, 0.15) is 34.1 Å². The maximum Gasteiger partial charge on any atom is 0.0142 e. The van der Waals surface area contributed by atoms with Gasteiger partial charge in [0.15, 0.2) is 0 Å². The monoisotopic (exact) mass is 219 g/mol. The van der Waals surface area contributed by atoms with E-state index in [9.17, 15) is 0 Å². The van der Waals surface area contributed by atoms with E-state index in [-0.39, 0.29) is 0 Å². The van der Waals surface area contributed by atoms with Crippen molar-refractivity contribution in [1.82, 2.24) is 4.90 Å². The van der Waals surface area contributed by atoms with Crippen molar-refractivity contribution in [1.29, 1.82) is 0 Å². The third-order valence-corrected chi connectivity index (χ3v) is 2.83. The second kappa shape index (κ2) is 7.10. The van der Waals surface area contributed by atoms with Crippen molar-refractivity contribution in [2.24, 2.45) is 5.92 Å². The summed E-state index contributed by atoms with van der Waals surface area (Å²) in [6.07, 6.45) is 7.15. The first-order valence-corrected chi connectivity index (χ1v) is 5.86. The molecule has 0 bridgehead atoms. The Morgan fingerprint density at radius 3 is 2.25 bits per heavy atom. The number of nitrogens with zero attached hydrogens (tertiary/aromatic N) is 1. The third kappa shape index (κ3) is 4.52. The van der Waals surface area contributed by atoms with E-state index in [0.717, 1.165) is 12.1 Å². The normalized spacial score (nSPS) is 12.9. The molecule has 0 aliphatic carbocycles. The summed E-state index contributed by atoms with van der Waals surface area (Å²) in [6.45, 7) is 16.4. The Kier molecular flexibility index (Phi) is 6.55. The van der Waals surface area contributed by atoms with Gasteiger partial charge in [0.1, 0.15) is 0 Å². The Hall–Kier alpha value is -1.24. The molecule has 0 aliphatic heterocycles. The van der Waals surface area contributed by atoms with E-state index in [2.05, 4.69) is 65.0 Å². The fourth-order valence-corrected chi connectivity index (χ4v) is 1.31. The molecule has 0 saturated carbocycles. The molecule has 0 aliphatic rings. The van der Waals surface area contributed by atoms with Crippen LogP contribution in [0.3, 0.4) is 0 Å². The van der Waals surface area contributed by atoms with Crippen LogP contribution >= 0.6 is 0 Å². The van der Waals surface area contributed by atoms with Crippen LogP contribution in [-0.4, -0.2) is 11.9 Å². The van der Waals surface area contributed by atoms with Gasteiger partial charge in [-0.05, 0) is 30.9 Å². The first-order valence-electron chi connectivity index (χ1n) is 5.86. The van der Waals surface area contributed by atoms with Gasteiger partial charge in [0, 0.05) is 18.4 Å². The summed E-state index contributed by atoms with van der Waals surface area (Å²) < 4.78 is 0. The minimum absolute atomic E-state index is 0.515. The molecule has 0 atom stereocenters. The van der Waals surface area contributed by atoms with Crippen LogP contribution in [0.25, 0.3) is 0 Å². The molecule has 0 radical (unpaired) electrons. The summed E-state index contributed by atoms with van der Waals surface area (Å²) in [7, 11) is 2.05. The highest BCUT2D eigenvalue weighted by atomic mass is 15.1. The zero-order valence-electron chi connectivity index (χ0n) is 11.4. The van der Waals surface area contributed by atoms with Crippen LogP contribution < -0.4 is 0 Å². The average molecular weight is 219 g/mol. The molecule has 90 valence electrons. The Labute approximate surface area is 101 Å². The Bertz CT molecular complexity index is 305. The quantitative estimate of drug-likeness (QED) is 0.594. The largest absolute Gasteiger partial charge is 0.353 e. The average Bonchev–Trinajstić information content (AvgIpc) is 2.26. The van der Waals surface area contributed by atoms with Crippen molar-refractivity contribution >= 4 is 0 Å². The molecule has 0 saturated heterocycles. The molecule has 0 heterocycles. The summed E-state index contributed by atoms with van der Waals surface area (Å²) in [5.41, 5.74) is 3.59. The SMILES string of the molecule is C=C/C(=C\C=C(/C)N(C)C(=C)CC)C(C)C. The van der Waals surface area contributed by atoms with E-state index in [1.54, 1.807) is 0 Å². The summed E-state index contributed by atoms with van der Waals surface area (Å²) in [5.74, 6) is 0.515. The standard InChI is InChI=1S/C15H25N/c1-8-13(5)16(7)14(6)10-11-15(9-2)12(3)4/h9-12H,2,5,8H2,1,3-4,6-7H3/b14-10+,15-11+. The molecule has 0 fully saturated rings. The van der Waals surface area contributed by atoms with Gasteiger partial charge in [-0.3, -0.25) is 0 Å². The fourth-order valence-electron chi connectivity index (χ4n) is 1.31. The Balaban J connectivity index is 4.78. The van der Waals surface area contributed by atoms with Gasteiger partial charge in [-0.1, -0.05) is 46.1 Å². The summed E-state index contributed by atoms with van der Waals surface area (Å²) in [5, 5.41) is 0. The lowest BCUT2D eigenvalue weighted by Crippen LogP contribution is -2.13. The van der Waals surface area contributed by atoms with Crippen LogP contribution in [-0.2, 0) is 0 Å². The minimum Gasteiger partial charge on any atom is -0.353 e. The van der Waals surface area contributed by atoms with Gasteiger partial charge in [0.2, 0.25) is 0 Å². The highest BCUT2D eigenvalue weighted by Crippen LogP contribution is 2.14. The van der Waals surface area contributed by atoms with Gasteiger partial charge in [-0.2, -0.15) is 0 Å². The molecule has 0 aromatic heterocycles. The van der Waals surface area contributed by atoms with Crippen LogP contribution in [0.15, 0.2) is 48.4 Å². The van der Waals surface area contributed by atoms with Crippen molar-refractivity contribution in [2.75, 3.05) is 7.05 Å². The van der Waals surface area contributed by atoms with E-state index in [4.69, 9.17) is 0 Å². The number of hydrogen-bond donors (Lipinski definition) is 0. The van der Waals surface area contributed by atoms with Crippen LogP contribution in [0.5, 0.6) is 0 Å². The smallest absolute Gasteiger partial charge is 0.0142 e.